The minimum atomic E-state index is 0.0141. The quantitative estimate of drug-likeness (QED) is 0.778. The van der Waals surface area contributed by atoms with Gasteiger partial charge in [-0.05, 0) is 24.8 Å². The fourth-order valence-corrected chi connectivity index (χ4v) is 2.36. The van der Waals surface area contributed by atoms with Gasteiger partial charge in [0.05, 0.1) is 7.11 Å². The van der Waals surface area contributed by atoms with Gasteiger partial charge >= 0.3 is 0 Å². The molecule has 0 fully saturated rings. The lowest BCUT2D eigenvalue weighted by molar-refractivity contribution is 0.405. The van der Waals surface area contributed by atoms with Crippen LogP contribution in [-0.2, 0) is 0 Å². The van der Waals surface area contributed by atoms with E-state index in [9.17, 15) is 0 Å². The average molecular weight is 211 g/mol. The Morgan fingerprint density at radius 1 is 1.50 bits per heavy atom. The number of thioether (sulfide) groups is 1. The molecule has 0 saturated carbocycles. The first-order chi connectivity index (χ1) is 6.70. The summed E-state index contributed by atoms with van der Waals surface area (Å²) >= 11 is 1.80. The lowest BCUT2D eigenvalue weighted by Gasteiger charge is -2.15. The second-order valence-corrected chi connectivity index (χ2v) is 4.40. The molecule has 2 nitrogen and oxygen atoms in total. The summed E-state index contributed by atoms with van der Waals surface area (Å²) < 4.78 is 5.30. The van der Waals surface area contributed by atoms with Crippen molar-refractivity contribution in [3.05, 3.63) is 23.8 Å². The molecule has 1 aromatic carbocycles. The van der Waals surface area contributed by atoms with Crippen molar-refractivity contribution in [1.29, 1.82) is 0 Å². The average Bonchev–Trinajstić information content (AvgIpc) is 2.17. The largest absolute Gasteiger partial charge is 0.496 e. The second kappa shape index (κ2) is 5.27. The maximum atomic E-state index is 5.93. The summed E-state index contributed by atoms with van der Waals surface area (Å²) in [6, 6.07) is 6.07. The molecule has 0 saturated heterocycles. The number of rotatable bonds is 4. The van der Waals surface area contributed by atoms with E-state index >= 15 is 0 Å². The van der Waals surface area contributed by atoms with Crippen molar-refractivity contribution >= 4 is 11.8 Å². The SMILES string of the molecule is CCSc1cccc(OC)c1C(C)N. The third kappa shape index (κ3) is 2.42. The molecule has 0 heterocycles. The smallest absolute Gasteiger partial charge is 0.124 e. The Balaban J connectivity index is 3.14. The molecule has 1 aromatic rings. The van der Waals surface area contributed by atoms with E-state index in [2.05, 4.69) is 13.0 Å². The van der Waals surface area contributed by atoms with Gasteiger partial charge in [0.25, 0.3) is 0 Å². The van der Waals surface area contributed by atoms with E-state index in [1.54, 1.807) is 18.9 Å². The van der Waals surface area contributed by atoms with E-state index in [1.165, 1.54) is 4.90 Å². The molecule has 0 amide bonds. The fourth-order valence-electron chi connectivity index (χ4n) is 1.43. The molecule has 0 aliphatic carbocycles. The number of ether oxygens (including phenoxy) is 1. The van der Waals surface area contributed by atoms with E-state index in [-0.39, 0.29) is 6.04 Å². The molecule has 3 heteroatoms. The number of nitrogens with two attached hydrogens (primary N) is 1. The van der Waals surface area contributed by atoms with Crippen molar-refractivity contribution in [2.24, 2.45) is 5.73 Å². The first kappa shape index (κ1) is 11.4. The maximum Gasteiger partial charge on any atom is 0.124 e. The summed E-state index contributed by atoms with van der Waals surface area (Å²) in [5, 5.41) is 0. The van der Waals surface area contributed by atoms with Crippen LogP contribution in [0.25, 0.3) is 0 Å². The fraction of sp³-hybridized carbons (Fsp3) is 0.455. The van der Waals surface area contributed by atoms with Crippen molar-refractivity contribution in [3.8, 4) is 5.75 Å². The van der Waals surface area contributed by atoms with E-state index in [0.717, 1.165) is 17.1 Å². The molecule has 0 radical (unpaired) electrons. The first-order valence-electron chi connectivity index (χ1n) is 4.76. The minimum Gasteiger partial charge on any atom is -0.496 e. The van der Waals surface area contributed by atoms with E-state index < -0.39 is 0 Å². The van der Waals surface area contributed by atoms with Gasteiger partial charge in [0.2, 0.25) is 0 Å². The maximum absolute atomic E-state index is 5.93. The lowest BCUT2D eigenvalue weighted by atomic mass is 10.1. The molecule has 0 aliphatic heterocycles. The van der Waals surface area contributed by atoms with Crippen molar-refractivity contribution < 1.29 is 4.74 Å². The third-order valence-corrected chi connectivity index (χ3v) is 2.96. The van der Waals surface area contributed by atoms with Crippen LogP contribution in [0.3, 0.4) is 0 Å². The molecule has 0 bridgehead atoms. The number of methoxy groups -OCH3 is 1. The lowest BCUT2D eigenvalue weighted by Crippen LogP contribution is -2.08. The first-order valence-corrected chi connectivity index (χ1v) is 5.74. The summed E-state index contributed by atoms with van der Waals surface area (Å²) in [7, 11) is 1.68. The van der Waals surface area contributed by atoms with Crippen LogP contribution in [0.15, 0.2) is 23.1 Å². The van der Waals surface area contributed by atoms with Crippen LogP contribution < -0.4 is 10.5 Å². The van der Waals surface area contributed by atoms with Crippen molar-refractivity contribution in [1.82, 2.24) is 0 Å². The highest BCUT2D eigenvalue weighted by Gasteiger charge is 2.12. The van der Waals surface area contributed by atoms with Gasteiger partial charge in [-0.3, -0.25) is 0 Å². The predicted molar refractivity (Wildman–Crippen MR) is 62.0 cm³/mol. The summed E-state index contributed by atoms with van der Waals surface area (Å²) in [4.78, 5) is 1.22. The van der Waals surface area contributed by atoms with Gasteiger partial charge in [-0.2, -0.15) is 0 Å². The minimum absolute atomic E-state index is 0.0141. The van der Waals surface area contributed by atoms with Crippen molar-refractivity contribution in [3.63, 3.8) is 0 Å². The molecular weight excluding hydrogens is 194 g/mol. The van der Waals surface area contributed by atoms with Gasteiger partial charge in [-0.25, -0.2) is 0 Å². The summed E-state index contributed by atoms with van der Waals surface area (Å²) in [5.41, 5.74) is 7.04. The Kier molecular flexibility index (Phi) is 4.29. The van der Waals surface area contributed by atoms with Gasteiger partial charge in [0, 0.05) is 16.5 Å². The summed E-state index contributed by atoms with van der Waals surface area (Å²) in [6.45, 7) is 4.12. The monoisotopic (exact) mass is 211 g/mol. The topological polar surface area (TPSA) is 35.2 Å². The molecule has 1 rings (SSSR count). The van der Waals surface area contributed by atoms with Gasteiger partial charge in [-0.1, -0.05) is 13.0 Å². The van der Waals surface area contributed by atoms with E-state index in [4.69, 9.17) is 10.5 Å². The van der Waals surface area contributed by atoms with Crippen LogP contribution in [0, 0.1) is 0 Å². The molecule has 2 N–H and O–H groups in total. The van der Waals surface area contributed by atoms with Gasteiger partial charge in [0.15, 0.2) is 0 Å². The Morgan fingerprint density at radius 2 is 2.21 bits per heavy atom. The van der Waals surface area contributed by atoms with Crippen LogP contribution in [0.1, 0.15) is 25.5 Å². The van der Waals surface area contributed by atoms with Gasteiger partial charge in [0.1, 0.15) is 5.75 Å². The Morgan fingerprint density at radius 3 is 2.71 bits per heavy atom. The standard InChI is InChI=1S/C11H17NOS/c1-4-14-10-7-5-6-9(13-3)11(10)8(2)12/h5-8H,4,12H2,1-3H3. The zero-order valence-corrected chi connectivity index (χ0v) is 9.73. The highest BCUT2D eigenvalue weighted by Crippen LogP contribution is 2.33. The summed E-state index contributed by atoms with van der Waals surface area (Å²) in [6.07, 6.45) is 0. The normalized spacial score (nSPS) is 12.6. The van der Waals surface area contributed by atoms with Crippen LogP contribution in [0.5, 0.6) is 5.75 Å². The van der Waals surface area contributed by atoms with Crippen molar-refractivity contribution in [2.75, 3.05) is 12.9 Å². The Labute approximate surface area is 89.8 Å². The Bertz CT molecular complexity index is 299. The van der Waals surface area contributed by atoms with Crippen LogP contribution in [0.2, 0.25) is 0 Å². The number of benzene rings is 1. The highest BCUT2D eigenvalue weighted by molar-refractivity contribution is 7.99. The molecule has 1 unspecified atom stereocenters. The molecule has 0 aliphatic rings. The molecular formula is C11H17NOS. The zero-order chi connectivity index (χ0) is 10.6. The Hall–Kier alpha value is -0.670. The van der Waals surface area contributed by atoms with Crippen LogP contribution in [0.4, 0.5) is 0 Å². The van der Waals surface area contributed by atoms with E-state index in [0.29, 0.717) is 0 Å². The highest BCUT2D eigenvalue weighted by atomic mass is 32.2. The predicted octanol–water partition coefficient (Wildman–Crippen LogP) is 2.83. The van der Waals surface area contributed by atoms with Gasteiger partial charge in [-0.15, -0.1) is 11.8 Å². The van der Waals surface area contributed by atoms with Crippen LogP contribution >= 0.6 is 11.8 Å². The zero-order valence-electron chi connectivity index (χ0n) is 8.91. The molecule has 0 spiro atoms. The number of hydrogen-bond donors (Lipinski definition) is 1. The number of hydrogen-bond acceptors (Lipinski definition) is 3. The van der Waals surface area contributed by atoms with E-state index in [1.807, 2.05) is 19.1 Å². The van der Waals surface area contributed by atoms with Crippen LogP contribution in [-0.4, -0.2) is 12.9 Å². The van der Waals surface area contributed by atoms with Crippen molar-refractivity contribution in [2.45, 2.75) is 24.8 Å². The molecule has 78 valence electrons. The second-order valence-electron chi connectivity index (χ2n) is 3.09. The molecule has 0 aromatic heterocycles. The third-order valence-electron chi connectivity index (χ3n) is 2.00. The van der Waals surface area contributed by atoms with Gasteiger partial charge < -0.3 is 10.5 Å². The molecule has 1 atom stereocenters. The summed E-state index contributed by atoms with van der Waals surface area (Å²) in [5.74, 6) is 1.94. The molecule has 14 heavy (non-hydrogen) atoms.